The lowest BCUT2D eigenvalue weighted by molar-refractivity contribution is -0.121. The van der Waals surface area contributed by atoms with E-state index in [1.807, 2.05) is 31.2 Å². The number of hydrogen-bond acceptors (Lipinski definition) is 2. The lowest BCUT2D eigenvalue weighted by Gasteiger charge is -2.32. The van der Waals surface area contributed by atoms with Gasteiger partial charge in [-0.3, -0.25) is 9.69 Å². The predicted molar refractivity (Wildman–Crippen MR) is 107 cm³/mol. The summed E-state index contributed by atoms with van der Waals surface area (Å²) in [5.41, 5.74) is 3.10. The first kappa shape index (κ1) is 18.4. The van der Waals surface area contributed by atoms with Gasteiger partial charge < -0.3 is 5.32 Å². The van der Waals surface area contributed by atoms with Crippen LogP contribution < -0.4 is 5.32 Å². The maximum absolute atomic E-state index is 12.7. The molecule has 1 aliphatic heterocycles. The van der Waals surface area contributed by atoms with Crippen molar-refractivity contribution in [3.63, 3.8) is 0 Å². The van der Waals surface area contributed by atoms with Gasteiger partial charge in [0.05, 0.1) is 5.92 Å². The Morgan fingerprint density at radius 3 is 2.92 bits per heavy atom. The molecule has 0 aliphatic carbocycles. The molecule has 1 N–H and O–H groups in total. The van der Waals surface area contributed by atoms with Gasteiger partial charge in [-0.2, -0.15) is 0 Å². The molecule has 0 bridgehead atoms. The molecule has 1 saturated heterocycles. The highest BCUT2D eigenvalue weighted by Crippen LogP contribution is 2.24. The number of hydrogen-bond donors (Lipinski definition) is 1. The molecule has 1 unspecified atom stereocenters. The zero-order chi connectivity index (χ0) is 17.8. The van der Waals surface area contributed by atoms with Gasteiger partial charge in [0.1, 0.15) is 0 Å². The Kier molecular flexibility index (Phi) is 6.15. The summed E-state index contributed by atoms with van der Waals surface area (Å²) >= 11 is 9.51. The standard InChI is InChI=1S/C20H22BrClN2O/c1-14-10-18(22)7-8-19(14)23-20(25)16-5-3-9-24(13-16)12-15-4-2-6-17(21)11-15/h2,4,6-8,10-11,16H,3,5,9,12-13H2,1H3,(H,23,25). The SMILES string of the molecule is Cc1cc(Cl)ccc1NC(=O)C1CCCN(Cc2cccc(Br)c2)C1. The van der Waals surface area contributed by atoms with Crippen molar-refractivity contribution in [1.29, 1.82) is 0 Å². The third kappa shape index (κ3) is 5.06. The van der Waals surface area contributed by atoms with E-state index >= 15 is 0 Å². The first-order chi connectivity index (χ1) is 12.0. The highest BCUT2D eigenvalue weighted by molar-refractivity contribution is 9.10. The van der Waals surface area contributed by atoms with E-state index in [0.717, 1.165) is 48.2 Å². The number of benzene rings is 2. The molecule has 25 heavy (non-hydrogen) atoms. The molecule has 1 fully saturated rings. The number of nitrogens with one attached hydrogen (secondary N) is 1. The van der Waals surface area contributed by atoms with Crippen LogP contribution in [0.1, 0.15) is 24.0 Å². The molecule has 0 saturated carbocycles. The van der Waals surface area contributed by atoms with Crippen molar-refractivity contribution < 1.29 is 4.79 Å². The predicted octanol–water partition coefficient (Wildman–Crippen LogP) is 5.26. The maximum Gasteiger partial charge on any atom is 0.228 e. The molecular formula is C20H22BrClN2O. The monoisotopic (exact) mass is 420 g/mol. The summed E-state index contributed by atoms with van der Waals surface area (Å²) in [5, 5.41) is 3.76. The van der Waals surface area contributed by atoms with Crippen molar-refractivity contribution in [3.8, 4) is 0 Å². The second-order valence-corrected chi connectivity index (χ2v) is 8.00. The summed E-state index contributed by atoms with van der Waals surface area (Å²) in [6.07, 6.45) is 1.99. The van der Waals surface area contributed by atoms with E-state index in [2.05, 4.69) is 44.3 Å². The lowest BCUT2D eigenvalue weighted by atomic mass is 9.96. The first-order valence-electron chi connectivity index (χ1n) is 8.55. The highest BCUT2D eigenvalue weighted by atomic mass is 79.9. The van der Waals surface area contributed by atoms with Crippen LogP contribution in [0.4, 0.5) is 5.69 Å². The van der Waals surface area contributed by atoms with Crippen LogP contribution in [0, 0.1) is 12.8 Å². The summed E-state index contributed by atoms with van der Waals surface area (Å²) in [6.45, 7) is 4.67. The summed E-state index contributed by atoms with van der Waals surface area (Å²) in [6, 6.07) is 13.9. The lowest BCUT2D eigenvalue weighted by Crippen LogP contribution is -2.40. The van der Waals surface area contributed by atoms with Crippen LogP contribution in [0.3, 0.4) is 0 Å². The molecule has 2 aromatic carbocycles. The summed E-state index contributed by atoms with van der Waals surface area (Å²) in [7, 11) is 0. The number of amides is 1. The number of carbonyl (C=O) groups excluding carboxylic acids is 1. The van der Waals surface area contributed by atoms with Crippen molar-refractivity contribution in [2.75, 3.05) is 18.4 Å². The number of anilines is 1. The van der Waals surface area contributed by atoms with Crippen LogP contribution in [0.5, 0.6) is 0 Å². The number of halogens is 2. The van der Waals surface area contributed by atoms with Crippen LogP contribution >= 0.6 is 27.5 Å². The van der Waals surface area contributed by atoms with Crippen LogP contribution in [0.25, 0.3) is 0 Å². The van der Waals surface area contributed by atoms with Crippen molar-refractivity contribution >= 4 is 39.1 Å². The second-order valence-electron chi connectivity index (χ2n) is 6.65. The van der Waals surface area contributed by atoms with E-state index in [1.165, 1.54) is 5.56 Å². The third-order valence-electron chi connectivity index (χ3n) is 4.62. The molecule has 0 aromatic heterocycles. The molecule has 5 heteroatoms. The maximum atomic E-state index is 12.7. The van der Waals surface area contributed by atoms with E-state index in [-0.39, 0.29) is 11.8 Å². The zero-order valence-corrected chi connectivity index (χ0v) is 16.6. The number of piperidine rings is 1. The molecule has 0 radical (unpaired) electrons. The highest BCUT2D eigenvalue weighted by Gasteiger charge is 2.26. The molecule has 2 aromatic rings. The van der Waals surface area contributed by atoms with E-state index < -0.39 is 0 Å². The average Bonchev–Trinajstić information content (AvgIpc) is 2.57. The second kappa shape index (κ2) is 8.35. The minimum Gasteiger partial charge on any atom is -0.326 e. The molecule has 1 heterocycles. The summed E-state index contributed by atoms with van der Waals surface area (Å²) in [5.74, 6) is 0.125. The summed E-state index contributed by atoms with van der Waals surface area (Å²) < 4.78 is 1.09. The quantitative estimate of drug-likeness (QED) is 0.730. The fourth-order valence-electron chi connectivity index (χ4n) is 3.31. The Bertz CT molecular complexity index is 765. The fourth-order valence-corrected chi connectivity index (χ4v) is 3.98. The molecule has 3 nitrogen and oxygen atoms in total. The van der Waals surface area contributed by atoms with Gasteiger partial charge in [0.2, 0.25) is 5.91 Å². The number of aryl methyl sites for hydroxylation is 1. The van der Waals surface area contributed by atoms with Gasteiger partial charge in [-0.1, -0.05) is 39.7 Å². The minimum atomic E-state index is 0.0241. The molecule has 1 amide bonds. The first-order valence-corrected chi connectivity index (χ1v) is 9.72. The Morgan fingerprint density at radius 1 is 1.32 bits per heavy atom. The Balaban J connectivity index is 1.61. The Labute approximate surface area is 162 Å². The van der Waals surface area contributed by atoms with E-state index in [1.54, 1.807) is 0 Å². The van der Waals surface area contributed by atoms with Crippen molar-refractivity contribution in [1.82, 2.24) is 4.90 Å². The van der Waals surface area contributed by atoms with Crippen LogP contribution in [0.2, 0.25) is 5.02 Å². The smallest absolute Gasteiger partial charge is 0.228 e. The van der Waals surface area contributed by atoms with Gasteiger partial charge >= 0.3 is 0 Å². The molecule has 132 valence electrons. The van der Waals surface area contributed by atoms with Gasteiger partial charge in [0, 0.05) is 28.3 Å². The van der Waals surface area contributed by atoms with Crippen LogP contribution in [-0.2, 0) is 11.3 Å². The topological polar surface area (TPSA) is 32.3 Å². The van der Waals surface area contributed by atoms with Crippen molar-refractivity contribution in [2.45, 2.75) is 26.3 Å². The molecule has 1 atom stereocenters. The zero-order valence-electron chi connectivity index (χ0n) is 14.3. The summed E-state index contributed by atoms with van der Waals surface area (Å²) in [4.78, 5) is 15.0. The van der Waals surface area contributed by atoms with Crippen molar-refractivity contribution in [3.05, 3.63) is 63.1 Å². The van der Waals surface area contributed by atoms with Crippen molar-refractivity contribution in [2.24, 2.45) is 5.92 Å². The number of carbonyl (C=O) groups is 1. The Hall–Kier alpha value is -1.36. The van der Waals surface area contributed by atoms with Crippen LogP contribution in [0.15, 0.2) is 46.9 Å². The minimum absolute atomic E-state index is 0.0241. The number of rotatable bonds is 4. The van der Waals surface area contributed by atoms with Gasteiger partial charge in [-0.25, -0.2) is 0 Å². The molecule has 0 spiro atoms. The fraction of sp³-hybridized carbons (Fsp3) is 0.350. The molecule has 1 aliphatic rings. The van der Waals surface area contributed by atoms with Gasteiger partial charge in [0.15, 0.2) is 0 Å². The number of nitrogens with zero attached hydrogens (tertiary/aromatic N) is 1. The Morgan fingerprint density at radius 2 is 2.16 bits per heavy atom. The molecular weight excluding hydrogens is 400 g/mol. The van der Waals surface area contributed by atoms with Gasteiger partial charge in [0.25, 0.3) is 0 Å². The normalized spacial score (nSPS) is 18.1. The van der Waals surface area contributed by atoms with Gasteiger partial charge in [-0.05, 0) is 67.8 Å². The van der Waals surface area contributed by atoms with Crippen LogP contribution in [-0.4, -0.2) is 23.9 Å². The van der Waals surface area contributed by atoms with E-state index in [4.69, 9.17) is 11.6 Å². The van der Waals surface area contributed by atoms with E-state index in [9.17, 15) is 4.79 Å². The average molecular weight is 422 g/mol. The van der Waals surface area contributed by atoms with Gasteiger partial charge in [-0.15, -0.1) is 0 Å². The van der Waals surface area contributed by atoms with E-state index in [0.29, 0.717) is 5.02 Å². The largest absolute Gasteiger partial charge is 0.326 e. The number of likely N-dealkylation sites (tertiary alicyclic amines) is 1. The molecule has 3 rings (SSSR count). The third-order valence-corrected chi connectivity index (χ3v) is 5.35.